The van der Waals surface area contributed by atoms with Crippen LogP contribution in [0.2, 0.25) is 0 Å². The molecule has 0 atom stereocenters. The molecule has 0 saturated carbocycles. The first-order valence-corrected chi connectivity index (χ1v) is 10.3. The molecule has 1 aromatic heterocycles. The molecular weight excluding hydrogens is 370 g/mol. The molecule has 3 heterocycles. The van der Waals surface area contributed by atoms with Crippen molar-refractivity contribution in [1.29, 1.82) is 0 Å². The number of ether oxygens (including phenoxy) is 1. The van der Waals surface area contributed by atoms with Crippen LogP contribution in [0.3, 0.4) is 0 Å². The molecule has 4 rings (SSSR count). The van der Waals surface area contributed by atoms with Crippen molar-refractivity contribution in [3.63, 3.8) is 0 Å². The molecule has 1 fully saturated rings. The molecule has 2 aromatic rings. The first-order valence-electron chi connectivity index (χ1n) is 10.3. The van der Waals surface area contributed by atoms with Crippen LogP contribution in [0.1, 0.15) is 36.5 Å². The SMILES string of the molecule is CCn1cc2c(nc1=O)Nc1cc(C(=O)CCCCN3CCNCC3)ccc1O2. The van der Waals surface area contributed by atoms with Crippen LogP contribution < -0.4 is 21.1 Å². The van der Waals surface area contributed by atoms with Crippen molar-refractivity contribution in [2.45, 2.75) is 32.7 Å². The van der Waals surface area contributed by atoms with Crippen LogP contribution in [0.4, 0.5) is 11.5 Å². The number of ketones is 1. The summed E-state index contributed by atoms with van der Waals surface area (Å²) in [5, 5.41) is 6.47. The number of fused-ring (bicyclic) bond motifs is 2. The van der Waals surface area contributed by atoms with E-state index < -0.39 is 0 Å². The van der Waals surface area contributed by atoms with E-state index in [2.05, 4.69) is 20.5 Å². The Balaban J connectivity index is 1.36. The lowest BCUT2D eigenvalue weighted by atomic mass is 10.0. The molecule has 0 bridgehead atoms. The van der Waals surface area contributed by atoms with Gasteiger partial charge >= 0.3 is 5.69 Å². The van der Waals surface area contributed by atoms with E-state index in [0.29, 0.717) is 41.5 Å². The Labute approximate surface area is 169 Å². The number of Topliss-reactive ketones (excluding diaryl/α,β-unsaturated/α-hetero) is 1. The second kappa shape index (κ2) is 8.75. The summed E-state index contributed by atoms with van der Waals surface area (Å²) in [6.45, 7) is 7.72. The number of carbonyl (C=O) groups excluding carboxylic acids is 1. The fraction of sp³-hybridized carbons (Fsp3) is 0.476. The molecule has 8 heteroatoms. The van der Waals surface area contributed by atoms with Crippen LogP contribution in [0.25, 0.3) is 0 Å². The number of rotatable bonds is 7. The molecule has 8 nitrogen and oxygen atoms in total. The highest BCUT2D eigenvalue weighted by Crippen LogP contribution is 2.40. The van der Waals surface area contributed by atoms with Gasteiger partial charge in [0.1, 0.15) is 0 Å². The predicted octanol–water partition coefficient (Wildman–Crippen LogP) is 2.37. The highest BCUT2D eigenvalue weighted by atomic mass is 16.5. The molecule has 0 amide bonds. The lowest BCUT2D eigenvalue weighted by Crippen LogP contribution is -2.43. The number of piperazine rings is 1. The Morgan fingerprint density at radius 1 is 1.21 bits per heavy atom. The molecule has 2 aliphatic rings. The highest BCUT2D eigenvalue weighted by molar-refractivity contribution is 5.97. The Hall–Kier alpha value is -2.71. The topological polar surface area (TPSA) is 88.5 Å². The first-order chi connectivity index (χ1) is 14.1. The summed E-state index contributed by atoms with van der Waals surface area (Å²) in [6.07, 6.45) is 4.09. The summed E-state index contributed by atoms with van der Waals surface area (Å²) in [7, 11) is 0. The highest BCUT2D eigenvalue weighted by Gasteiger charge is 2.21. The zero-order valence-corrected chi connectivity index (χ0v) is 16.7. The van der Waals surface area contributed by atoms with Crippen molar-refractivity contribution in [1.82, 2.24) is 19.8 Å². The van der Waals surface area contributed by atoms with E-state index in [9.17, 15) is 9.59 Å². The van der Waals surface area contributed by atoms with E-state index in [0.717, 1.165) is 45.6 Å². The van der Waals surface area contributed by atoms with E-state index in [1.165, 1.54) is 4.57 Å². The van der Waals surface area contributed by atoms with Crippen molar-refractivity contribution in [3.05, 3.63) is 40.4 Å². The number of nitrogens with zero attached hydrogens (tertiary/aromatic N) is 3. The van der Waals surface area contributed by atoms with Gasteiger partial charge in [-0.05, 0) is 44.5 Å². The number of anilines is 2. The van der Waals surface area contributed by atoms with Crippen LogP contribution in [-0.4, -0.2) is 53.0 Å². The van der Waals surface area contributed by atoms with Crippen molar-refractivity contribution in [2.75, 3.05) is 38.0 Å². The van der Waals surface area contributed by atoms with Gasteiger partial charge in [-0.3, -0.25) is 9.36 Å². The maximum Gasteiger partial charge on any atom is 0.349 e. The third kappa shape index (κ3) is 4.49. The van der Waals surface area contributed by atoms with Gasteiger partial charge in [-0.2, -0.15) is 4.98 Å². The van der Waals surface area contributed by atoms with Gasteiger partial charge in [-0.15, -0.1) is 0 Å². The summed E-state index contributed by atoms with van der Waals surface area (Å²) in [5.41, 5.74) is 0.972. The fourth-order valence-corrected chi connectivity index (χ4v) is 3.70. The molecule has 1 saturated heterocycles. The predicted molar refractivity (Wildman–Crippen MR) is 111 cm³/mol. The third-order valence-corrected chi connectivity index (χ3v) is 5.41. The third-order valence-electron chi connectivity index (χ3n) is 5.41. The minimum Gasteiger partial charge on any atom is -0.450 e. The smallest absolute Gasteiger partial charge is 0.349 e. The largest absolute Gasteiger partial charge is 0.450 e. The zero-order valence-electron chi connectivity index (χ0n) is 16.7. The van der Waals surface area contributed by atoms with E-state index in [1.807, 2.05) is 6.92 Å². The summed E-state index contributed by atoms with van der Waals surface area (Å²) in [4.78, 5) is 31.1. The van der Waals surface area contributed by atoms with Crippen molar-refractivity contribution >= 4 is 17.3 Å². The quantitative estimate of drug-likeness (QED) is 0.467. The maximum atomic E-state index is 12.6. The van der Waals surface area contributed by atoms with Gasteiger partial charge in [-0.25, -0.2) is 4.79 Å². The summed E-state index contributed by atoms with van der Waals surface area (Å²) < 4.78 is 7.36. The maximum absolute atomic E-state index is 12.6. The van der Waals surface area contributed by atoms with Crippen LogP contribution in [0, 0.1) is 0 Å². The fourth-order valence-electron chi connectivity index (χ4n) is 3.70. The van der Waals surface area contributed by atoms with Gasteiger partial charge in [0, 0.05) is 44.7 Å². The van der Waals surface area contributed by atoms with Gasteiger partial charge in [-0.1, -0.05) is 0 Å². The number of carbonyl (C=O) groups is 1. The Morgan fingerprint density at radius 2 is 2.03 bits per heavy atom. The van der Waals surface area contributed by atoms with Gasteiger partial charge < -0.3 is 20.3 Å². The number of unbranched alkanes of at least 4 members (excludes halogenated alkanes) is 1. The minimum absolute atomic E-state index is 0.120. The number of hydrogen-bond donors (Lipinski definition) is 2. The lowest BCUT2D eigenvalue weighted by Gasteiger charge is -2.26. The normalized spacial score (nSPS) is 15.8. The standard InChI is InChI=1S/C21H27N5O3/c1-2-26-14-19-20(24-21(26)28)23-16-13-15(6-7-18(16)29-19)17(27)5-3-4-10-25-11-8-22-9-12-25/h6-7,13-14,22H,2-5,8-12H2,1H3,(H,23,24,28). The molecule has 2 aliphatic heterocycles. The summed E-state index contributed by atoms with van der Waals surface area (Å²) >= 11 is 0. The molecule has 0 radical (unpaired) electrons. The lowest BCUT2D eigenvalue weighted by molar-refractivity contribution is 0.0977. The molecule has 29 heavy (non-hydrogen) atoms. The Kier molecular flexibility index (Phi) is 5.92. The molecule has 2 N–H and O–H groups in total. The summed E-state index contributed by atoms with van der Waals surface area (Å²) in [5.74, 6) is 1.63. The monoisotopic (exact) mass is 397 g/mol. The van der Waals surface area contributed by atoms with Crippen molar-refractivity contribution in [3.8, 4) is 11.5 Å². The molecule has 1 aromatic carbocycles. The van der Waals surface area contributed by atoms with Gasteiger partial charge in [0.05, 0.1) is 11.9 Å². The van der Waals surface area contributed by atoms with E-state index in [4.69, 9.17) is 4.74 Å². The molecule has 0 spiro atoms. The van der Waals surface area contributed by atoms with E-state index in [1.54, 1.807) is 24.4 Å². The zero-order chi connectivity index (χ0) is 20.2. The number of aromatic nitrogens is 2. The number of nitrogens with one attached hydrogen (secondary N) is 2. The summed E-state index contributed by atoms with van der Waals surface area (Å²) in [6, 6.07) is 5.37. The van der Waals surface area contributed by atoms with Crippen molar-refractivity contribution < 1.29 is 9.53 Å². The van der Waals surface area contributed by atoms with Crippen LogP contribution in [0.5, 0.6) is 11.5 Å². The van der Waals surface area contributed by atoms with E-state index in [-0.39, 0.29) is 11.5 Å². The van der Waals surface area contributed by atoms with Crippen molar-refractivity contribution in [2.24, 2.45) is 0 Å². The molecule has 0 aliphatic carbocycles. The van der Waals surface area contributed by atoms with Crippen LogP contribution in [-0.2, 0) is 6.54 Å². The molecular formula is C21H27N5O3. The second-order valence-electron chi connectivity index (χ2n) is 7.43. The van der Waals surface area contributed by atoms with Gasteiger partial charge in [0.2, 0.25) is 0 Å². The number of aryl methyl sites for hydroxylation is 1. The van der Waals surface area contributed by atoms with Gasteiger partial charge in [0.15, 0.2) is 23.1 Å². The number of benzene rings is 1. The molecule has 0 unspecified atom stereocenters. The Morgan fingerprint density at radius 3 is 2.83 bits per heavy atom. The first kappa shape index (κ1) is 19.6. The van der Waals surface area contributed by atoms with Crippen LogP contribution >= 0.6 is 0 Å². The molecule has 154 valence electrons. The second-order valence-corrected chi connectivity index (χ2v) is 7.43. The average molecular weight is 397 g/mol. The van der Waals surface area contributed by atoms with Gasteiger partial charge in [0.25, 0.3) is 0 Å². The van der Waals surface area contributed by atoms with Crippen LogP contribution in [0.15, 0.2) is 29.2 Å². The minimum atomic E-state index is -0.331. The van der Waals surface area contributed by atoms with E-state index >= 15 is 0 Å². The Bertz CT molecular complexity index is 950. The number of hydrogen-bond acceptors (Lipinski definition) is 7. The average Bonchev–Trinajstić information content (AvgIpc) is 2.75.